The van der Waals surface area contributed by atoms with Crippen LogP contribution in [0.4, 0.5) is 14.5 Å². The number of aromatic nitrogens is 5. The van der Waals surface area contributed by atoms with Gasteiger partial charge in [0.2, 0.25) is 0 Å². The van der Waals surface area contributed by atoms with E-state index >= 15 is 0 Å². The number of anilines is 1. The predicted octanol–water partition coefficient (Wildman–Crippen LogP) is 6.76. The molecule has 8 nitrogen and oxygen atoms in total. The number of aryl methyl sites for hydroxylation is 1. The van der Waals surface area contributed by atoms with E-state index in [-0.39, 0.29) is 22.6 Å². The standard InChI is InChI=1S/C27H22Cl2F2N6O2/c1-14-24(15(2)36(35-14)13-19-20(28)5-4-6-21(19)29)34-27(38)18-12-32-37-23(25(30)31)11-22(33-26(18)37)16-7-9-17(39-3)10-8-16/h4-12,25H,13H2,1-3H3,(H,34,38). The van der Waals surface area contributed by atoms with Crippen LogP contribution in [0.3, 0.4) is 0 Å². The maximum absolute atomic E-state index is 14.0. The van der Waals surface area contributed by atoms with E-state index in [9.17, 15) is 13.6 Å². The smallest absolute Gasteiger partial charge is 0.280 e. The number of fused-ring (bicyclic) bond motifs is 1. The van der Waals surface area contributed by atoms with Crippen molar-refractivity contribution in [3.05, 3.63) is 93.0 Å². The number of hydrogen-bond acceptors (Lipinski definition) is 5. The number of halogens is 4. The lowest BCUT2D eigenvalue weighted by Crippen LogP contribution is -2.14. The Labute approximate surface area is 232 Å². The molecule has 1 amide bonds. The van der Waals surface area contributed by atoms with Crippen molar-refractivity contribution in [2.75, 3.05) is 12.4 Å². The Hall–Kier alpha value is -4.02. The third-order valence-corrected chi connectivity index (χ3v) is 7.05. The Morgan fingerprint density at radius 1 is 1.10 bits per heavy atom. The molecule has 0 atom stereocenters. The lowest BCUT2D eigenvalue weighted by atomic mass is 10.1. The highest BCUT2D eigenvalue weighted by molar-refractivity contribution is 6.36. The minimum absolute atomic E-state index is 0.00154. The van der Waals surface area contributed by atoms with Crippen molar-refractivity contribution in [1.29, 1.82) is 0 Å². The molecule has 0 saturated heterocycles. The van der Waals surface area contributed by atoms with Gasteiger partial charge in [-0.3, -0.25) is 9.48 Å². The van der Waals surface area contributed by atoms with Gasteiger partial charge in [-0.15, -0.1) is 0 Å². The highest BCUT2D eigenvalue weighted by atomic mass is 35.5. The molecule has 3 heterocycles. The molecule has 1 N–H and O–H groups in total. The first kappa shape index (κ1) is 26.6. The normalized spacial score (nSPS) is 11.4. The summed E-state index contributed by atoms with van der Waals surface area (Å²) >= 11 is 12.6. The molecular formula is C27H22Cl2F2N6O2. The van der Waals surface area contributed by atoms with Crippen LogP contribution in [0.5, 0.6) is 5.75 Å². The van der Waals surface area contributed by atoms with Crippen LogP contribution in [0.2, 0.25) is 10.0 Å². The van der Waals surface area contributed by atoms with Crippen LogP contribution in [0.25, 0.3) is 16.9 Å². The number of carbonyl (C=O) groups is 1. The molecule has 5 rings (SSSR count). The van der Waals surface area contributed by atoms with Crippen LogP contribution >= 0.6 is 23.2 Å². The third-order valence-electron chi connectivity index (χ3n) is 6.34. The molecule has 0 aliphatic rings. The van der Waals surface area contributed by atoms with Crippen LogP contribution in [0.1, 0.15) is 39.4 Å². The zero-order valence-corrected chi connectivity index (χ0v) is 22.6. The van der Waals surface area contributed by atoms with Gasteiger partial charge in [-0.2, -0.15) is 10.2 Å². The summed E-state index contributed by atoms with van der Waals surface area (Å²) < 4.78 is 35.8. The fourth-order valence-electron chi connectivity index (χ4n) is 4.26. The van der Waals surface area contributed by atoms with Crippen molar-refractivity contribution in [3.8, 4) is 17.0 Å². The zero-order chi connectivity index (χ0) is 27.8. The molecule has 12 heteroatoms. The average molecular weight is 571 g/mol. The van der Waals surface area contributed by atoms with Crippen molar-refractivity contribution in [1.82, 2.24) is 24.4 Å². The predicted molar refractivity (Wildman–Crippen MR) is 145 cm³/mol. The SMILES string of the molecule is COc1ccc(-c2cc(C(F)F)n3ncc(C(=O)Nc4c(C)nn(Cc5c(Cl)cccc5Cl)c4C)c3n2)cc1. The summed E-state index contributed by atoms with van der Waals surface area (Å²) in [6.45, 7) is 3.84. The van der Waals surface area contributed by atoms with Crippen LogP contribution in [0, 0.1) is 13.8 Å². The number of rotatable bonds is 7. The fourth-order valence-corrected chi connectivity index (χ4v) is 4.77. The van der Waals surface area contributed by atoms with E-state index in [1.54, 1.807) is 61.0 Å². The summed E-state index contributed by atoms with van der Waals surface area (Å²) in [5, 5.41) is 12.4. The van der Waals surface area contributed by atoms with Gasteiger partial charge in [0.1, 0.15) is 17.0 Å². The molecule has 0 aliphatic carbocycles. The molecule has 0 fully saturated rings. The van der Waals surface area contributed by atoms with Crippen molar-refractivity contribution < 1.29 is 18.3 Å². The molecule has 0 aliphatic heterocycles. The van der Waals surface area contributed by atoms with Crippen molar-refractivity contribution >= 4 is 40.4 Å². The van der Waals surface area contributed by atoms with Crippen LogP contribution in [-0.2, 0) is 6.54 Å². The molecule has 3 aromatic heterocycles. The second kappa shape index (κ2) is 10.6. The van der Waals surface area contributed by atoms with E-state index in [0.29, 0.717) is 50.5 Å². The lowest BCUT2D eigenvalue weighted by Gasteiger charge is -2.10. The van der Waals surface area contributed by atoms with Gasteiger partial charge < -0.3 is 10.1 Å². The Kier molecular flexibility index (Phi) is 7.24. The molecule has 200 valence electrons. The quantitative estimate of drug-likeness (QED) is 0.233. The van der Waals surface area contributed by atoms with E-state index < -0.39 is 12.3 Å². The van der Waals surface area contributed by atoms with Gasteiger partial charge in [0.25, 0.3) is 12.3 Å². The number of alkyl halides is 2. The van der Waals surface area contributed by atoms with Crippen LogP contribution in [0.15, 0.2) is 54.7 Å². The number of hydrogen-bond donors (Lipinski definition) is 1. The fraction of sp³-hybridized carbons (Fsp3) is 0.185. The van der Waals surface area contributed by atoms with Crippen LogP contribution < -0.4 is 10.1 Å². The summed E-state index contributed by atoms with van der Waals surface area (Å²) in [7, 11) is 1.53. The Morgan fingerprint density at radius 2 is 1.79 bits per heavy atom. The third kappa shape index (κ3) is 5.05. The zero-order valence-electron chi connectivity index (χ0n) is 21.0. The molecular weight excluding hydrogens is 549 g/mol. The summed E-state index contributed by atoms with van der Waals surface area (Å²) in [5.41, 5.74) is 2.89. The first-order valence-corrected chi connectivity index (χ1v) is 12.5. The van der Waals surface area contributed by atoms with E-state index in [1.807, 2.05) is 0 Å². The molecule has 2 aromatic carbocycles. The van der Waals surface area contributed by atoms with E-state index in [1.165, 1.54) is 19.4 Å². The number of amides is 1. The van der Waals surface area contributed by atoms with Crippen molar-refractivity contribution in [2.45, 2.75) is 26.8 Å². The maximum atomic E-state index is 14.0. The molecule has 5 aromatic rings. The van der Waals surface area contributed by atoms with Gasteiger partial charge in [-0.25, -0.2) is 18.3 Å². The highest BCUT2D eigenvalue weighted by Crippen LogP contribution is 2.30. The molecule has 39 heavy (non-hydrogen) atoms. The van der Waals surface area contributed by atoms with Crippen molar-refractivity contribution in [2.24, 2.45) is 0 Å². The van der Waals surface area contributed by atoms with E-state index in [4.69, 9.17) is 27.9 Å². The minimum atomic E-state index is -2.84. The number of benzene rings is 2. The average Bonchev–Trinajstić information content (AvgIpc) is 3.46. The molecule has 0 spiro atoms. The number of carbonyl (C=O) groups excluding carboxylic acids is 1. The molecule has 0 radical (unpaired) electrons. The molecule has 0 unspecified atom stereocenters. The lowest BCUT2D eigenvalue weighted by molar-refractivity contribution is 0.102. The number of nitrogens with one attached hydrogen (secondary N) is 1. The minimum Gasteiger partial charge on any atom is -0.497 e. The Bertz CT molecular complexity index is 1680. The monoisotopic (exact) mass is 570 g/mol. The van der Waals surface area contributed by atoms with Gasteiger partial charge in [-0.1, -0.05) is 29.3 Å². The summed E-state index contributed by atoms with van der Waals surface area (Å²) in [6, 6.07) is 13.3. The number of methoxy groups -OCH3 is 1. The van der Waals surface area contributed by atoms with Gasteiger partial charge in [0.05, 0.1) is 42.6 Å². The van der Waals surface area contributed by atoms with Gasteiger partial charge in [-0.05, 0) is 56.3 Å². The Morgan fingerprint density at radius 3 is 2.44 bits per heavy atom. The van der Waals surface area contributed by atoms with Gasteiger partial charge >= 0.3 is 0 Å². The first-order valence-electron chi connectivity index (χ1n) is 11.8. The van der Waals surface area contributed by atoms with Gasteiger partial charge in [0.15, 0.2) is 5.65 Å². The first-order chi connectivity index (χ1) is 18.7. The maximum Gasteiger partial charge on any atom is 0.280 e. The van der Waals surface area contributed by atoms with E-state index in [2.05, 4.69) is 20.5 Å². The molecule has 0 bridgehead atoms. The summed E-state index contributed by atoms with van der Waals surface area (Å²) in [6.07, 6.45) is -1.62. The summed E-state index contributed by atoms with van der Waals surface area (Å²) in [5.74, 6) is 0.0487. The van der Waals surface area contributed by atoms with Crippen molar-refractivity contribution in [3.63, 3.8) is 0 Å². The number of nitrogens with zero attached hydrogens (tertiary/aromatic N) is 5. The Balaban J connectivity index is 1.50. The summed E-state index contributed by atoms with van der Waals surface area (Å²) in [4.78, 5) is 17.9. The van der Waals surface area contributed by atoms with E-state index in [0.717, 1.165) is 4.52 Å². The van der Waals surface area contributed by atoms with Gasteiger partial charge in [0, 0.05) is 21.2 Å². The van der Waals surface area contributed by atoms with Crippen LogP contribution in [-0.4, -0.2) is 37.4 Å². The number of ether oxygens (including phenoxy) is 1. The topological polar surface area (TPSA) is 86.3 Å². The second-order valence-corrected chi connectivity index (χ2v) is 9.56. The second-order valence-electron chi connectivity index (χ2n) is 8.75. The highest BCUT2D eigenvalue weighted by Gasteiger charge is 2.23. The molecule has 0 saturated carbocycles. The largest absolute Gasteiger partial charge is 0.497 e.